The van der Waals surface area contributed by atoms with Gasteiger partial charge < -0.3 is 4.74 Å². The molecule has 0 saturated heterocycles. The Bertz CT molecular complexity index is 1830. The second kappa shape index (κ2) is 9.43. The summed E-state index contributed by atoms with van der Waals surface area (Å²) in [4.78, 5) is 4.80. The van der Waals surface area contributed by atoms with Gasteiger partial charge in [0.15, 0.2) is 0 Å². The van der Waals surface area contributed by atoms with Gasteiger partial charge in [-0.15, -0.1) is 0 Å². The average molecular weight is 511 g/mol. The molecule has 39 heavy (non-hydrogen) atoms. The third-order valence-electron chi connectivity index (χ3n) is 7.52. The second-order valence-corrected chi connectivity index (χ2v) is 11.6. The highest BCUT2D eigenvalue weighted by Gasteiger charge is 2.18. The molecule has 2 heterocycles. The molecule has 4 aromatic carbocycles. The van der Waals surface area contributed by atoms with Crippen molar-refractivity contribution in [2.75, 3.05) is 0 Å². The number of para-hydroxylation sites is 1. The summed E-state index contributed by atoms with van der Waals surface area (Å²) in [5, 5.41) is 2.38. The first kappa shape index (κ1) is 24.9. The van der Waals surface area contributed by atoms with Gasteiger partial charge in [-0.05, 0) is 96.5 Å². The van der Waals surface area contributed by atoms with E-state index in [0.29, 0.717) is 0 Å². The topological polar surface area (TPSA) is 27.1 Å². The van der Waals surface area contributed by atoms with Crippen LogP contribution in [0.25, 0.3) is 38.8 Å². The first-order valence-electron chi connectivity index (χ1n) is 13.6. The molecule has 0 spiro atoms. The molecule has 0 aliphatic carbocycles. The molecule has 0 aliphatic heterocycles. The lowest BCUT2D eigenvalue weighted by Gasteiger charge is -2.20. The van der Waals surface area contributed by atoms with Crippen LogP contribution in [-0.4, -0.2) is 9.55 Å². The number of aryl methyl sites for hydroxylation is 3. The summed E-state index contributed by atoms with van der Waals surface area (Å²) in [6.07, 6.45) is 1.91. The van der Waals surface area contributed by atoms with Crippen molar-refractivity contribution < 1.29 is 4.74 Å². The van der Waals surface area contributed by atoms with Gasteiger partial charge in [0.1, 0.15) is 17.3 Å². The van der Waals surface area contributed by atoms with Gasteiger partial charge in [-0.25, -0.2) is 4.98 Å². The molecule has 194 valence electrons. The first-order chi connectivity index (χ1) is 18.7. The number of hydrogen-bond donors (Lipinski definition) is 0. The van der Waals surface area contributed by atoms with Crippen LogP contribution in [0.4, 0.5) is 0 Å². The quantitative estimate of drug-likeness (QED) is 0.236. The number of benzene rings is 4. The van der Waals surface area contributed by atoms with Crippen LogP contribution in [0.2, 0.25) is 0 Å². The normalized spacial score (nSPS) is 11.8. The minimum atomic E-state index is 0.0316. The first-order valence-corrected chi connectivity index (χ1v) is 13.6. The number of rotatable bonds is 4. The Morgan fingerprint density at radius 3 is 2.15 bits per heavy atom. The number of ether oxygens (including phenoxy) is 1. The number of fused-ring (bicyclic) bond motifs is 3. The molecule has 0 radical (unpaired) electrons. The van der Waals surface area contributed by atoms with E-state index in [1.165, 1.54) is 44.2 Å². The lowest BCUT2D eigenvalue weighted by Crippen LogP contribution is -2.12. The molecule has 0 N–H and O–H groups in total. The third kappa shape index (κ3) is 4.59. The molecule has 3 heteroatoms. The van der Waals surface area contributed by atoms with Crippen LogP contribution in [0.5, 0.6) is 11.5 Å². The summed E-state index contributed by atoms with van der Waals surface area (Å²) >= 11 is 0. The molecular weight excluding hydrogens is 476 g/mol. The molecule has 3 nitrogen and oxygen atoms in total. The van der Waals surface area contributed by atoms with Crippen LogP contribution >= 0.6 is 0 Å². The Morgan fingerprint density at radius 1 is 0.667 bits per heavy atom. The largest absolute Gasteiger partial charge is 0.457 e. The number of nitrogens with zero attached hydrogens (tertiary/aromatic N) is 2. The van der Waals surface area contributed by atoms with Gasteiger partial charge in [0.2, 0.25) is 0 Å². The van der Waals surface area contributed by atoms with Crippen LogP contribution in [0.3, 0.4) is 0 Å². The SMILES string of the molecule is Cc1cc(C)c(-c2cccc(Oc3ccc4c5ccccc5n(-c5cc(C(C)(C)C)ccn5)c4c3)c2)c(C)c1. The molecule has 0 fully saturated rings. The molecule has 0 amide bonds. The van der Waals surface area contributed by atoms with E-state index in [1.54, 1.807) is 0 Å². The van der Waals surface area contributed by atoms with Crippen LogP contribution in [0.1, 0.15) is 43.0 Å². The van der Waals surface area contributed by atoms with Gasteiger partial charge >= 0.3 is 0 Å². The smallest absolute Gasteiger partial charge is 0.137 e. The van der Waals surface area contributed by atoms with Gasteiger partial charge in [-0.2, -0.15) is 0 Å². The molecule has 0 unspecified atom stereocenters. The van der Waals surface area contributed by atoms with E-state index in [-0.39, 0.29) is 5.41 Å². The van der Waals surface area contributed by atoms with Crippen molar-refractivity contribution in [2.45, 2.75) is 47.0 Å². The maximum Gasteiger partial charge on any atom is 0.137 e. The van der Waals surface area contributed by atoms with Gasteiger partial charge in [-0.1, -0.05) is 68.8 Å². The van der Waals surface area contributed by atoms with Gasteiger partial charge in [-0.3, -0.25) is 4.57 Å². The maximum atomic E-state index is 6.48. The highest BCUT2D eigenvalue weighted by Crippen LogP contribution is 2.37. The highest BCUT2D eigenvalue weighted by molar-refractivity contribution is 6.09. The summed E-state index contributed by atoms with van der Waals surface area (Å²) in [6.45, 7) is 13.2. The van der Waals surface area contributed by atoms with Crippen molar-refractivity contribution in [3.05, 3.63) is 119 Å². The highest BCUT2D eigenvalue weighted by atomic mass is 16.5. The molecule has 0 bridgehead atoms. The minimum Gasteiger partial charge on any atom is -0.457 e. The fourth-order valence-corrected chi connectivity index (χ4v) is 5.75. The van der Waals surface area contributed by atoms with E-state index in [9.17, 15) is 0 Å². The molecule has 0 aliphatic rings. The van der Waals surface area contributed by atoms with Crippen molar-refractivity contribution in [2.24, 2.45) is 0 Å². The summed E-state index contributed by atoms with van der Waals surface area (Å²) in [6, 6.07) is 32.1. The standard InChI is InChI=1S/C36H34N2O/c1-23-18-24(2)35(25(3)19-23)26-10-9-11-28(20-26)39-29-14-15-31-30-12-7-8-13-32(30)38(33(31)22-29)34-21-27(16-17-37-34)36(4,5)6/h7-22H,1-6H3. The lowest BCUT2D eigenvalue weighted by atomic mass is 9.88. The Hall–Kier alpha value is -4.37. The summed E-state index contributed by atoms with van der Waals surface area (Å²) in [5.74, 6) is 2.54. The number of aromatic nitrogens is 2. The zero-order chi connectivity index (χ0) is 27.3. The van der Waals surface area contributed by atoms with E-state index in [1.807, 2.05) is 12.3 Å². The Balaban J connectivity index is 1.46. The Morgan fingerprint density at radius 2 is 1.38 bits per heavy atom. The van der Waals surface area contributed by atoms with Crippen LogP contribution in [-0.2, 0) is 5.41 Å². The van der Waals surface area contributed by atoms with E-state index >= 15 is 0 Å². The molecule has 6 rings (SSSR count). The van der Waals surface area contributed by atoms with E-state index in [4.69, 9.17) is 9.72 Å². The van der Waals surface area contributed by atoms with Crippen molar-refractivity contribution >= 4 is 21.8 Å². The zero-order valence-corrected chi connectivity index (χ0v) is 23.5. The fourth-order valence-electron chi connectivity index (χ4n) is 5.75. The monoisotopic (exact) mass is 510 g/mol. The Kier molecular flexibility index (Phi) is 6.03. The van der Waals surface area contributed by atoms with Gasteiger partial charge in [0.25, 0.3) is 0 Å². The second-order valence-electron chi connectivity index (χ2n) is 11.6. The predicted octanol–water partition coefficient (Wildman–Crippen LogP) is 9.86. The van der Waals surface area contributed by atoms with Crippen LogP contribution < -0.4 is 4.74 Å². The van der Waals surface area contributed by atoms with E-state index in [2.05, 4.69) is 131 Å². The van der Waals surface area contributed by atoms with Crippen LogP contribution in [0, 0.1) is 20.8 Å². The number of hydrogen-bond acceptors (Lipinski definition) is 2. The summed E-state index contributed by atoms with van der Waals surface area (Å²) in [5.41, 5.74) is 9.78. The zero-order valence-electron chi connectivity index (χ0n) is 23.5. The van der Waals surface area contributed by atoms with E-state index < -0.39 is 0 Å². The summed E-state index contributed by atoms with van der Waals surface area (Å²) in [7, 11) is 0. The van der Waals surface area contributed by atoms with Crippen molar-refractivity contribution in [3.8, 4) is 28.4 Å². The molecule has 0 atom stereocenters. The lowest BCUT2D eigenvalue weighted by molar-refractivity contribution is 0.483. The minimum absolute atomic E-state index is 0.0316. The van der Waals surface area contributed by atoms with E-state index in [0.717, 1.165) is 28.4 Å². The fraction of sp³-hybridized carbons (Fsp3) is 0.194. The molecule has 0 saturated carbocycles. The maximum absolute atomic E-state index is 6.48. The third-order valence-corrected chi connectivity index (χ3v) is 7.52. The number of pyridine rings is 1. The molecule has 2 aromatic heterocycles. The Labute approximate surface area is 230 Å². The van der Waals surface area contributed by atoms with Gasteiger partial charge in [0.05, 0.1) is 11.0 Å². The summed E-state index contributed by atoms with van der Waals surface area (Å²) < 4.78 is 8.74. The molecular formula is C36H34N2O. The van der Waals surface area contributed by atoms with Crippen molar-refractivity contribution in [3.63, 3.8) is 0 Å². The van der Waals surface area contributed by atoms with Crippen molar-refractivity contribution in [1.29, 1.82) is 0 Å². The predicted molar refractivity (Wildman–Crippen MR) is 163 cm³/mol. The van der Waals surface area contributed by atoms with Gasteiger partial charge in [0, 0.05) is 23.0 Å². The average Bonchev–Trinajstić information content (AvgIpc) is 3.21. The van der Waals surface area contributed by atoms with Crippen LogP contribution in [0.15, 0.2) is 97.2 Å². The molecule has 6 aromatic rings. The van der Waals surface area contributed by atoms with Crippen molar-refractivity contribution in [1.82, 2.24) is 9.55 Å².